The lowest BCUT2D eigenvalue weighted by molar-refractivity contribution is -0.144. The van der Waals surface area contributed by atoms with Crippen LogP contribution in [0, 0.1) is 0 Å². The van der Waals surface area contributed by atoms with Gasteiger partial charge in [0.15, 0.2) is 5.54 Å². The number of nitrogens with zero attached hydrogens (tertiary/aromatic N) is 1. The Kier molecular flexibility index (Phi) is 5.38. The van der Waals surface area contributed by atoms with Crippen LogP contribution in [-0.4, -0.2) is 38.9 Å². The molecular formula is C24H27NO4Si. The van der Waals surface area contributed by atoms with Crippen LogP contribution >= 0.6 is 0 Å². The van der Waals surface area contributed by atoms with Gasteiger partial charge in [0, 0.05) is 25.0 Å². The predicted octanol–water partition coefficient (Wildman–Crippen LogP) is 4.67. The molecule has 3 unspecified atom stereocenters. The molecule has 2 aromatic rings. The van der Waals surface area contributed by atoms with E-state index < -0.39 is 20.0 Å². The number of rotatable bonds is 5. The second kappa shape index (κ2) is 7.85. The molecule has 2 aliphatic rings. The van der Waals surface area contributed by atoms with E-state index in [1.54, 1.807) is 7.11 Å². The van der Waals surface area contributed by atoms with Gasteiger partial charge >= 0.3 is 5.97 Å². The van der Waals surface area contributed by atoms with Crippen LogP contribution in [0.15, 0.2) is 77.5 Å². The van der Waals surface area contributed by atoms with Gasteiger partial charge in [0.25, 0.3) is 0 Å². The number of allylic oxidation sites excluding steroid dienone is 1. The molecule has 156 valence electrons. The minimum Gasteiger partial charge on any atom is -0.547 e. The summed E-state index contributed by atoms with van der Waals surface area (Å²) < 4.78 is 17.9. The summed E-state index contributed by atoms with van der Waals surface area (Å²) in [6.45, 7) is 6.44. The zero-order valence-electron chi connectivity index (χ0n) is 17.8. The molecule has 5 nitrogen and oxygen atoms in total. The Morgan fingerprint density at radius 3 is 2.27 bits per heavy atom. The third-order valence-corrected chi connectivity index (χ3v) is 6.30. The molecule has 0 bridgehead atoms. The van der Waals surface area contributed by atoms with Crippen molar-refractivity contribution in [3.05, 3.63) is 83.6 Å². The maximum atomic E-state index is 13.4. The lowest BCUT2D eigenvalue weighted by atomic mass is 9.70. The van der Waals surface area contributed by atoms with Crippen molar-refractivity contribution in [2.45, 2.75) is 43.6 Å². The Labute approximate surface area is 178 Å². The van der Waals surface area contributed by atoms with E-state index >= 15 is 0 Å². The van der Waals surface area contributed by atoms with Crippen molar-refractivity contribution < 1.29 is 18.7 Å². The fraction of sp³-hybridized carbons (Fsp3) is 0.333. The molecule has 2 aromatic carbocycles. The summed E-state index contributed by atoms with van der Waals surface area (Å²) in [6, 6.07) is 19.5. The molecule has 1 spiro atoms. The van der Waals surface area contributed by atoms with Gasteiger partial charge in [0.2, 0.25) is 14.2 Å². The summed E-state index contributed by atoms with van der Waals surface area (Å²) in [7, 11) is -0.225. The third-order valence-electron chi connectivity index (χ3n) is 5.42. The van der Waals surface area contributed by atoms with Gasteiger partial charge in [-0.05, 0) is 43.4 Å². The van der Waals surface area contributed by atoms with Crippen molar-refractivity contribution in [2.24, 2.45) is 4.99 Å². The van der Waals surface area contributed by atoms with Crippen LogP contribution in [0.4, 0.5) is 0 Å². The number of cyclic esters (lactones) is 1. The molecule has 3 atom stereocenters. The van der Waals surface area contributed by atoms with E-state index in [4.69, 9.17) is 18.9 Å². The largest absolute Gasteiger partial charge is 0.547 e. The van der Waals surface area contributed by atoms with Crippen LogP contribution in [0.5, 0.6) is 0 Å². The summed E-state index contributed by atoms with van der Waals surface area (Å²) >= 11 is 0. The maximum absolute atomic E-state index is 13.4. The number of esters is 1. The molecule has 0 N–H and O–H groups in total. The first-order chi connectivity index (χ1) is 14.3. The zero-order valence-corrected chi connectivity index (χ0v) is 18.8. The van der Waals surface area contributed by atoms with Gasteiger partial charge in [0.1, 0.15) is 6.10 Å². The van der Waals surface area contributed by atoms with Gasteiger partial charge in [-0.2, -0.15) is 0 Å². The van der Waals surface area contributed by atoms with Crippen LogP contribution in [0.1, 0.15) is 23.5 Å². The van der Waals surface area contributed by atoms with Crippen LogP contribution in [0.25, 0.3) is 0 Å². The molecular weight excluding hydrogens is 394 g/mol. The van der Waals surface area contributed by atoms with Gasteiger partial charge in [-0.25, -0.2) is 9.79 Å². The maximum Gasteiger partial charge on any atom is 0.344 e. The van der Waals surface area contributed by atoms with E-state index in [0.717, 1.165) is 16.9 Å². The Bertz CT molecular complexity index is 981. The lowest BCUT2D eigenvalue weighted by Crippen LogP contribution is -2.53. The quantitative estimate of drug-likeness (QED) is 0.520. The summed E-state index contributed by atoms with van der Waals surface area (Å²) in [5, 5.41) is 0. The second-order valence-electron chi connectivity index (χ2n) is 8.67. The van der Waals surface area contributed by atoms with Gasteiger partial charge in [-0.15, -0.1) is 0 Å². The number of methoxy groups -OCH3 is 1. The van der Waals surface area contributed by atoms with Crippen molar-refractivity contribution in [1.82, 2.24) is 0 Å². The van der Waals surface area contributed by atoms with Crippen molar-refractivity contribution in [3.63, 3.8) is 0 Å². The highest BCUT2D eigenvalue weighted by Gasteiger charge is 2.60. The highest BCUT2D eigenvalue weighted by Crippen LogP contribution is 2.48. The minimum absolute atomic E-state index is 0.256. The Morgan fingerprint density at radius 1 is 1.03 bits per heavy atom. The lowest BCUT2D eigenvalue weighted by Gasteiger charge is -2.41. The van der Waals surface area contributed by atoms with Crippen molar-refractivity contribution in [1.29, 1.82) is 0 Å². The predicted molar refractivity (Wildman–Crippen MR) is 119 cm³/mol. The first-order valence-corrected chi connectivity index (χ1v) is 13.6. The van der Waals surface area contributed by atoms with Crippen LogP contribution in [0.2, 0.25) is 19.6 Å². The molecule has 1 aliphatic carbocycles. The molecule has 30 heavy (non-hydrogen) atoms. The third kappa shape index (κ3) is 3.73. The number of aliphatic imine (C=N–C) groups is 1. The fourth-order valence-corrected chi connectivity index (χ4v) is 5.14. The number of hydrogen-bond acceptors (Lipinski definition) is 5. The molecule has 1 heterocycles. The van der Waals surface area contributed by atoms with Crippen LogP contribution in [0.3, 0.4) is 0 Å². The standard InChI is InChI=1S/C24H27NO4Si/c1-27-21-16-19(29-30(2,3)4)15-20(17-11-7-5-8-12-17)24(21)23(26)28-22(25-24)18-13-9-6-10-14-18/h5-14,16,20-21H,15H2,1-4H3. The smallest absolute Gasteiger partial charge is 0.344 e. The van der Waals surface area contributed by atoms with E-state index in [1.807, 2.05) is 66.7 Å². The van der Waals surface area contributed by atoms with E-state index in [1.165, 1.54) is 0 Å². The summed E-state index contributed by atoms with van der Waals surface area (Å²) in [5.74, 6) is 0.558. The van der Waals surface area contributed by atoms with E-state index in [0.29, 0.717) is 12.3 Å². The van der Waals surface area contributed by atoms with E-state index in [9.17, 15) is 4.79 Å². The number of benzene rings is 2. The topological polar surface area (TPSA) is 57.1 Å². The average Bonchev–Trinajstić information content (AvgIpc) is 3.07. The first kappa shape index (κ1) is 20.6. The molecule has 0 aromatic heterocycles. The van der Waals surface area contributed by atoms with Crippen molar-refractivity contribution >= 4 is 20.2 Å². The highest BCUT2D eigenvalue weighted by molar-refractivity contribution is 6.70. The van der Waals surface area contributed by atoms with Gasteiger partial charge < -0.3 is 13.9 Å². The average molecular weight is 422 g/mol. The molecule has 1 aliphatic heterocycles. The monoisotopic (exact) mass is 421 g/mol. The van der Waals surface area contributed by atoms with Crippen molar-refractivity contribution in [3.8, 4) is 0 Å². The van der Waals surface area contributed by atoms with Crippen LogP contribution < -0.4 is 0 Å². The summed E-state index contributed by atoms with van der Waals surface area (Å²) in [4.78, 5) is 18.3. The number of ether oxygens (including phenoxy) is 2. The highest BCUT2D eigenvalue weighted by atomic mass is 28.4. The Morgan fingerprint density at radius 2 is 1.67 bits per heavy atom. The zero-order chi connectivity index (χ0) is 21.4. The molecule has 4 rings (SSSR count). The number of carbonyl (C=O) groups excluding carboxylic acids is 1. The number of hydrogen-bond donors (Lipinski definition) is 0. The molecule has 0 saturated heterocycles. The molecule has 0 radical (unpaired) electrons. The van der Waals surface area contributed by atoms with Crippen molar-refractivity contribution in [2.75, 3.05) is 7.11 Å². The van der Waals surface area contributed by atoms with E-state index in [2.05, 4.69) is 19.6 Å². The van der Waals surface area contributed by atoms with E-state index in [-0.39, 0.29) is 11.9 Å². The Hall–Kier alpha value is -2.70. The molecule has 0 fully saturated rings. The Balaban J connectivity index is 1.86. The number of carbonyl (C=O) groups is 1. The van der Waals surface area contributed by atoms with Gasteiger partial charge in [0.05, 0.1) is 5.76 Å². The van der Waals surface area contributed by atoms with Gasteiger partial charge in [-0.1, -0.05) is 48.5 Å². The molecule has 6 heteroatoms. The molecule has 0 amide bonds. The summed E-state index contributed by atoms with van der Waals surface area (Å²) in [5.41, 5.74) is 0.602. The van der Waals surface area contributed by atoms with Gasteiger partial charge in [-0.3, -0.25) is 0 Å². The summed E-state index contributed by atoms with van der Waals surface area (Å²) in [6.07, 6.45) is 1.89. The first-order valence-electron chi connectivity index (χ1n) is 10.2. The fourth-order valence-electron chi connectivity index (χ4n) is 4.20. The molecule has 0 saturated carbocycles. The second-order valence-corrected chi connectivity index (χ2v) is 13.1. The normalized spacial score (nSPS) is 26.2. The van der Waals surface area contributed by atoms with Crippen LogP contribution in [-0.2, 0) is 18.7 Å². The SMILES string of the molecule is COC1C=C(O[Si](C)(C)C)CC(c2ccccc2)C12N=C(c1ccccc1)OC2=O. The minimum atomic E-state index is -1.83.